The molecule has 19 heavy (non-hydrogen) atoms. The zero-order chi connectivity index (χ0) is 14.6. The lowest BCUT2D eigenvalue weighted by atomic mass is 10.1. The van der Waals surface area contributed by atoms with Gasteiger partial charge in [-0.15, -0.1) is 11.6 Å². The first-order valence-electron chi connectivity index (χ1n) is 6.01. The minimum atomic E-state index is -0.269. The molecule has 0 saturated carbocycles. The Balaban J connectivity index is 3.17. The number of likely N-dealkylation sites (N-methyl/N-ethyl adjacent to an activating group) is 1. The number of hydrogen-bond acceptors (Lipinski definition) is 2. The number of aryl methyl sites for hydroxylation is 2. The molecule has 0 radical (unpaired) electrons. The van der Waals surface area contributed by atoms with Crippen LogP contribution in [0.2, 0.25) is 0 Å². The third-order valence-corrected chi connectivity index (χ3v) is 3.15. The highest BCUT2D eigenvalue weighted by atomic mass is 35.5. The molecule has 4 nitrogen and oxygen atoms in total. The summed E-state index contributed by atoms with van der Waals surface area (Å²) in [7, 11) is 3.33. The van der Waals surface area contributed by atoms with Crippen molar-refractivity contribution < 1.29 is 9.59 Å². The maximum absolute atomic E-state index is 12.0. The first-order valence-corrected chi connectivity index (χ1v) is 6.54. The highest BCUT2D eigenvalue weighted by Gasteiger charge is 2.22. The molecule has 0 unspecified atom stereocenters. The monoisotopic (exact) mass is 282 g/mol. The van der Waals surface area contributed by atoms with E-state index in [1.54, 1.807) is 14.1 Å². The van der Waals surface area contributed by atoms with E-state index in [1.807, 2.05) is 32.0 Å². The highest BCUT2D eigenvalue weighted by molar-refractivity contribution is 6.29. The Morgan fingerprint density at radius 1 is 1.11 bits per heavy atom. The molecule has 0 saturated heterocycles. The average Bonchev–Trinajstić information content (AvgIpc) is 2.35. The van der Waals surface area contributed by atoms with Crippen molar-refractivity contribution in [3.63, 3.8) is 0 Å². The fraction of sp³-hybridized carbons (Fsp3) is 0.429. The Hall–Kier alpha value is -1.55. The lowest BCUT2D eigenvalue weighted by molar-refractivity contribution is -0.128. The molecule has 0 aromatic heterocycles. The van der Waals surface area contributed by atoms with Gasteiger partial charge in [-0.05, 0) is 25.0 Å². The van der Waals surface area contributed by atoms with Crippen LogP contribution in [0.3, 0.4) is 0 Å². The topological polar surface area (TPSA) is 40.6 Å². The van der Waals surface area contributed by atoms with E-state index >= 15 is 0 Å². The van der Waals surface area contributed by atoms with Gasteiger partial charge in [-0.2, -0.15) is 0 Å². The third-order valence-electron chi connectivity index (χ3n) is 2.92. The molecule has 1 aromatic carbocycles. The molecule has 0 N–H and O–H groups in total. The van der Waals surface area contributed by atoms with E-state index in [0.29, 0.717) is 0 Å². The average molecular weight is 283 g/mol. The van der Waals surface area contributed by atoms with Gasteiger partial charge >= 0.3 is 0 Å². The molecule has 0 bridgehead atoms. The maximum atomic E-state index is 12.0. The van der Waals surface area contributed by atoms with E-state index in [9.17, 15) is 9.59 Å². The van der Waals surface area contributed by atoms with Gasteiger partial charge in [0.15, 0.2) is 0 Å². The summed E-state index contributed by atoms with van der Waals surface area (Å²) >= 11 is 5.65. The van der Waals surface area contributed by atoms with Gasteiger partial charge in [0.1, 0.15) is 12.4 Å². The van der Waals surface area contributed by atoms with Gasteiger partial charge in [-0.25, -0.2) is 0 Å². The standard InChI is InChI=1S/C14H19ClN2O2/c1-10-6-5-7-11(2)14(10)17(12(18)8-15)9-13(19)16(3)4/h5-7H,8-9H2,1-4H3. The van der Waals surface area contributed by atoms with Crippen LogP contribution in [0.4, 0.5) is 5.69 Å². The van der Waals surface area contributed by atoms with Crippen molar-refractivity contribution in [1.29, 1.82) is 0 Å². The Morgan fingerprint density at radius 2 is 1.63 bits per heavy atom. The van der Waals surface area contributed by atoms with Crippen molar-refractivity contribution in [2.45, 2.75) is 13.8 Å². The van der Waals surface area contributed by atoms with Gasteiger partial charge in [-0.1, -0.05) is 18.2 Å². The Labute approximate surface area is 118 Å². The minimum Gasteiger partial charge on any atom is -0.347 e. The van der Waals surface area contributed by atoms with E-state index in [-0.39, 0.29) is 24.2 Å². The van der Waals surface area contributed by atoms with Crippen molar-refractivity contribution in [1.82, 2.24) is 4.90 Å². The number of benzene rings is 1. The van der Waals surface area contributed by atoms with Gasteiger partial charge in [0, 0.05) is 14.1 Å². The largest absolute Gasteiger partial charge is 0.347 e. The predicted octanol–water partition coefficient (Wildman–Crippen LogP) is 1.96. The van der Waals surface area contributed by atoms with E-state index in [4.69, 9.17) is 11.6 Å². The van der Waals surface area contributed by atoms with Crippen molar-refractivity contribution >= 4 is 29.1 Å². The third kappa shape index (κ3) is 3.70. The summed E-state index contributed by atoms with van der Waals surface area (Å²) in [4.78, 5) is 26.8. The molecule has 0 aliphatic carbocycles. The number of carbonyl (C=O) groups is 2. The van der Waals surface area contributed by atoms with Crippen LogP contribution in [-0.2, 0) is 9.59 Å². The van der Waals surface area contributed by atoms with Gasteiger partial charge < -0.3 is 9.80 Å². The molecule has 0 aliphatic rings. The summed E-state index contributed by atoms with van der Waals surface area (Å²) < 4.78 is 0. The Morgan fingerprint density at radius 3 is 2.05 bits per heavy atom. The van der Waals surface area contributed by atoms with Crippen LogP contribution in [0.25, 0.3) is 0 Å². The lowest BCUT2D eigenvalue weighted by Crippen LogP contribution is -2.41. The second kappa shape index (κ2) is 6.57. The molecule has 0 fully saturated rings. The number of carbonyl (C=O) groups excluding carboxylic acids is 2. The number of hydrogen-bond donors (Lipinski definition) is 0. The molecule has 1 rings (SSSR count). The van der Waals surface area contributed by atoms with Crippen LogP contribution in [0.1, 0.15) is 11.1 Å². The summed E-state index contributed by atoms with van der Waals surface area (Å²) in [5, 5.41) is 0. The molecule has 0 spiro atoms. The summed E-state index contributed by atoms with van der Waals surface area (Å²) in [6, 6.07) is 5.75. The second-order valence-electron chi connectivity index (χ2n) is 4.64. The van der Waals surface area contributed by atoms with E-state index in [0.717, 1.165) is 16.8 Å². The maximum Gasteiger partial charge on any atom is 0.242 e. The fourth-order valence-corrected chi connectivity index (χ4v) is 2.02. The quantitative estimate of drug-likeness (QED) is 0.792. The predicted molar refractivity (Wildman–Crippen MR) is 77.7 cm³/mol. The molecule has 0 atom stereocenters. The first-order chi connectivity index (χ1) is 8.88. The highest BCUT2D eigenvalue weighted by Crippen LogP contribution is 2.25. The van der Waals surface area contributed by atoms with E-state index < -0.39 is 0 Å². The molecule has 0 aliphatic heterocycles. The molecular formula is C14H19ClN2O2. The summed E-state index contributed by atoms with van der Waals surface area (Å²) in [6.07, 6.45) is 0. The molecule has 5 heteroatoms. The minimum absolute atomic E-state index is 0.00421. The summed E-state index contributed by atoms with van der Waals surface area (Å²) in [5.74, 6) is -0.551. The fourth-order valence-electron chi connectivity index (χ4n) is 1.87. The zero-order valence-corrected chi connectivity index (χ0v) is 12.5. The number of nitrogens with zero attached hydrogens (tertiary/aromatic N) is 2. The van der Waals surface area contributed by atoms with E-state index in [1.165, 1.54) is 9.80 Å². The number of amides is 2. The van der Waals surface area contributed by atoms with Crippen LogP contribution in [0, 0.1) is 13.8 Å². The number of para-hydroxylation sites is 1. The zero-order valence-electron chi connectivity index (χ0n) is 11.7. The SMILES string of the molecule is Cc1cccc(C)c1N(CC(=O)N(C)C)C(=O)CCl. The number of anilines is 1. The van der Waals surface area contributed by atoms with Crippen molar-refractivity contribution in [3.8, 4) is 0 Å². The van der Waals surface area contributed by atoms with Gasteiger partial charge in [-0.3, -0.25) is 9.59 Å². The van der Waals surface area contributed by atoms with Crippen LogP contribution in [-0.4, -0.2) is 43.2 Å². The van der Waals surface area contributed by atoms with Crippen molar-refractivity contribution in [2.24, 2.45) is 0 Å². The Kier molecular flexibility index (Phi) is 5.36. The van der Waals surface area contributed by atoms with Crippen LogP contribution in [0.15, 0.2) is 18.2 Å². The summed E-state index contributed by atoms with van der Waals surface area (Å²) in [5.41, 5.74) is 2.67. The van der Waals surface area contributed by atoms with Crippen molar-refractivity contribution in [3.05, 3.63) is 29.3 Å². The smallest absolute Gasteiger partial charge is 0.242 e. The second-order valence-corrected chi connectivity index (χ2v) is 4.91. The van der Waals surface area contributed by atoms with Crippen LogP contribution in [0.5, 0.6) is 0 Å². The number of halogens is 1. The van der Waals surface area contributed by atoms with E-state index in [2.05, 4.69) is 0 Å². The molecular weight excluding hydrogens is 264 g/mol. The van der Waals surface area contributed by atoms with Gasteiger partial charge in [0.25, 0.3) is 0 Å². The lowest BCUT2D eigenvalue weighted by Gasteiger charge is -2.26. The number of alkyl halides is 1. The van der Waals surface area contributed by atoms with Crippen molar-refractivity contribution in [2.75, 3.05) is 31.4 Å². The first kappa shape index (κ1) is 15.5. The normalized spacial score (nSPS) is 10.2. The molecule has 0 heterocycles. The van der Waals surface area contributed by atoms with Crippen LogP contribution < -0.4 is 4.90 Å². The molecule has 104 valence electrons. The van der Waals surface area contributed by atoms with Gasteiger partial charge in [0.05, 0.1) is 5.69 Å². The van der Waals surface area contributed by atoms with Crippen LogP contribution >= 0.6 is 11.6 Å². The van der Waals surface area contributed by atoms with Gasteiger partial charge in [0.2, 0.25) is 11.8 Å². The Bertz CT molecular complexity index is 466. The summed E-state index contributed by atoms with van der Waals surface area (Å²) in [6.45, 7) is 3.83. The molecule has 2 amide bonds. The number of rotatable bonds is 4. The molecule has 1 aromatic rings.